The minimum Gasteiger partial charge on any atom is -0.496 e. The number of aliphatic hydroxyl groups excluding tert-OH is 1. The van der Waals surface area contributed by atoms with Crippen LogP contribution in [0.3, 0.4) is 0 Å². The van der Waals surface area contributed by atoms with E-state index in [0.29, 0.717) is 44.3 Å². The number of hydrogen-bond acceptors (Lipinski definition) is 11. The van der Waals surface area contributed by atoms with Crippen molar-refractivity contribution in [1.29, 1.82) is 0 Å². The molecule has 0 saturated heterocycles. The van der Waals surface area contributed by atoms with Gasteiger partial charge in [-0.25, -0.2) is 14.5 Å². The number of carbonyl (C=O) groups excluding carboxylic acids is 1. The van der Waals surface area contributed by atoms with Crippen LogP contribution in [0.5, 0.6) is 16.7 Å². The molecule has 6 rings (SSSR count). The predicted octanol–water partition coefficient (Wildman–Crippen LogP) is 4.99. The maximum atomic E-state index is 12.4. The van der Waals surface area contributed by atoms with E-state index in [-0.39, 0.29) is 25.7 Å². The quantitative estimate of drug-likeness (QED) is 0.235. The van der Waals surface area contributed by atoms with Gasteiger partial charge in [0.1, 0.15) is 34.4 Å². The lowest BCUT2D eigenvalue weighted by atomic mass is 10.1. The van der Waals surface area contributed by atoms with Crippen molar-refractivity contribution < 1.29 is 28.5 Å². The second kappa shape index (κ2) is 11.2. The fraction of sp³-hybridized carbons (Fsp3) is 0.214. The minimum atomic E-state index is -0.143. The maximum absolute atomic E-state index is 12.4. The van der Waals surface area contributed by atoms with Crippen LogP contribution in [0.4, 0.5) is 0 Å². The zero-order chi connectivity index (χ0) is 28.5. The Morgan fingerprint density at radius 1 is 1.12 bits per heavy atom. The molecular weight excluding hydrogens is 566 g/mol. The summed E-state index contributed by atoms with van der Waals surface area (Å²) in [6.45, 7) is 0.446. The molecule has 2 aromatic carbocycles. The van der Waals surface area contributed by atoms with Crippen molar-refractivity contribution in [3.8, 4) is 38.7 Å². The van der Waals surface area contributed by atoms with Crippen LogP contribution < -0.4 is 14.2 Å². The second-order valence-electron chi connectivity index (χ2n) is 9.03. The Morgan fingerprint density at radius 2 is 1.95 bits per heavy atom. The number of carbonyl (C=O) groups is 1. The zero-order valence-electron chi connectivity index (χ0n) is 22.4. The number of furan rings is 1. The molecule has 0 aliphatic carbocycles. The first-order chi connectivity index (χ1) is 19.9. The number of hydrogen-bond donors (Lipinski definition) is 1. The summed E-state index contributed by atoms with van der Waals surface area (Å²) in [6.07, 6.45) is 1.79. The molecule has 41 heavy (non-hydrogen) atoms. The minimum absolute atomic E-state index is 0.0790. The summed E-state index contributed by atoms with van der Waals surface area (Å²) >= 11 is 2.84. The van der Waals surface area contributed by atoms with E-state index in [4.69, 9.17) is 28.7 Å². The third-order valence-corrected chi connectivity index (χ3v) is 8.17. The summed E-state index contributed by atoms with van der Waals surface area (Å²) in [5.41, 5.74) is 3.47. The predicted molar refractivity (Wildman–Crippen MR) is 155 cm³/mol. The third-order valence-electron chi connectivity index (χ3n) is 6.35. The van der Waals surface area contributed by atoms with Gasteiger partial charge in [0.15, 0.2) is 5.76 Å². The first-order valence-corrected chi connectivity index (χ1v) is 14.2. The third kappa shape index (κ3) is 5.34. The second-order valence-corrected chi connectivity index (χ2v) is 10.8. The molecule has 0 aliphatic rings. The number of rotatable bonds is 10. The van der Waals surface area contributed by atoms with E-state index < -0.39 is 0 Å². The molecule has 11 nitrogen and oxygen atoms in total. The molecule has 4 aromatic heterocycles. The number of likely N-dealkylation sites (N-methyl/N-ethyl adjacent to an activating group) is 1. The number of aromatic nitrogens is 4. The number of nitrogens with zero attached hydrogens (tertiary/aromatic N) is 5. The van der Waals surface area contributed by atoms with Crippen LogP contribution in [0.1, 0.15) is 16.1 Å². The van der Waals surface area contributed by atoms with Crippen molar-refractivity contribution in [2.24, 2.45) is 0 Å². The van der Waals surface area contributed by atoms with Gasteiger partial charge in [0.05, 0.1) is 38.1 Å². The van der Waals surface area contributed by atoms with E-state index >= 15 is 0 Å². The molecule has 0 fully saturated rings. The Labute approximate surface area is 242 Å². The van der Waals surface area contributed by atoms with Crippen molar-refractivity contribution in [3.05, 3.63) is 65.3 Å². The number of ether oxygens (including phenoxy) is 3. The molecule has 6 aromatic rings. The number of amides is 1. The number of imidazole rings is 1. The highest BCUT2D eigenvalue weighted by atomic mass is 32.1. The lowest BCUT2D eigenvalue weighted by Crippen LogP contribution is -2.29. The van der Waals surface area contributed by atoms with E-state index in [1.165, 1.54) is 27.6 Å². The Bertz CT molecular complexity index is 1810. The molecule has 0 atom stereocenters. The molecule has 4 heterocycles. The van der Waals surface area contributed by atoms with Crippen molar-refractivity contribution in [1.82, 2.24) is 24.5 Å². The van der Waals surface area contributed by atoms with Gasteiger partial charge >= 0.3 is 0 Å². The van der Waals surface area contributed by atoms with Gasteiger partial charge in [-0.05, 0) is 29.5 Å². The van der Waals surface area contributed by atoms with Crippen molar-refractivity contribution in [2.75, 3.05) is 34.4 Å². The van der Waals surface area contributed by atoms with Crippen molar-refractivity contribution in [2.45, 2.75) is 6.61 Å². The zero-order valence-corrected chi connectivity index (χ0v) is 24.0. The van der Waals surface area contributed by atoms with Gasteiger partial charge < -0.3 is 28.6 Å². The summed E-state index contributed by atoms with van der Waals surface area (Å²) in [5, 5.41) is 17.5. The molecule has 0 spiro atoms. The van der Waals surface area contributed by atoms with Gasteiger partial charge in [0, 0.05) is 42.2 Å². The monoisotopic (exact) mass is 591 g/mol. The van der Waals surface area contributed by atoms with E-state index in [0.717, 1.165) is 21.7 Å². The van der Waals surface area contributed by atoms with Gasteiger partial charge in [-0.2, -0.15) is 0 Å². The first kappa shape index (κ1) is 26.7. The normalized spacial score (nSPS) is 11.3. The summed E-state index contributed by atoms with van der Waals surface area (Å²) in [6, 6.07) is 12.8. The Kier molecular flexibility index (Phi) is 7.30. The smallest absolute Gasteiger partial charge is 0.294 e. The van der Waals surface area contributed by atoms with Crippen LogP contribution in [0.2, 0.25) is 0 Å². The van der Waals surface area contributed by atoms with Crippen molar-refractivity contribution in [3.63, 3.8) is 0 Å². The van der Waals surface area contributed by atoms with Gasteiger partial charge in [-0.1, -0.05) is 12.1 Å². The molecule has 210 valence electrons. The summed E-state index contributed by atoms with van der Waals surface area (Å²) in [5.74, 6) is 1.63. The average Bonchev–Trinajstić information content (AvgIpc) is 3.78. The van der Waals surface area contributed by atoms with Crippen LogP contribution in [-0.4, -0.2) is 69.9 Å². The molecule has 1 amide bonds. The highest BCUT2D eigenvalue weighted by molar-refractivity contribution is 7.18. The highest BCUT2D eigenvalue weighted by Gasteiger charge is 2.18. The summed E-state index contributed by atoms with van der Waals surface area (Å²) < 4.78 is 24.6. The van der Waals surface area contributed by atoms with E-state index in [2.05, 4.69) is 10.1 Å². The van der Waals surface area contributed by atoms with Gasteiger partial charge in [0.2, 0.25) is 4.96 Å². The SMILES string of the molecule is COc1cc(OCc2csc(-c3ccc(C(=O)N(C)CCO)cc3)n2)c2cc(-c3cn4nc(OC)sc4n3)oc2c1. The van der Waals surface area contributed by atoms with Crippen molar-refractivity contribution >= 4 is 44.5 Å². The van der Waals surface area contributed by atoms with Crippen LogP contribution in [-0.2, 0) is 6.61 Å². The van der Waals surface area contributed by atoms with Crippen LogP contribution in [0.25, 0.3) is 38.0 Å². The van der Waals surface area contributed by atoms with Gasteiger partial charge in [-0.3, -0.25) is 4.79 Å². The number of fused-ring (bicyclic) bond motifs is 2. The Morgan fingerprint density at radius 3 is 2.68 bits per heavy atom. The lowest BCUT2D eigenvalue weighted by molar-refractivity contribution is 0.0767. The maximum Gasteiger partial charge on any atom is 0.294 e. The van der Waals surface area contributed by atoms with Crippen LogP contribution in [0, 0.1) is 0 Å². The number of methoxy groups -OCH3 is 2. The standard InChI is InChI=1S/C28H25N5O6S2/c1-32(8-9-34)26(35)17-6-4-16(5-7-17)25-29-18(15-40-25)14-38-22-10-19(36-2)11-23-20(22)12-24(39-23)21-13-33-27(30-21)41-28(31-33)37-3/h4-7,10-13,15,34H,8-9,14H2,1-3H3. The van der Waals surface area contributed by atoms with Crippen LogP contribution >= 0.6 is 22.7 Å². The Balaban J connectivity index is 1.20. The molecule has 0 unspecified atom stereocenters. The van der Waals surface area contributed by atoms with E-state index in [1.54, 1.807) is 44.1 Å². The molecule has 0 radical (unpaired) electrons. The molecule has 0 bridgehead atoms. The van der Waals surface area contributed by atoms with E-state index in [9.17, 15) is 4.79 Å². The summed E-state index contributed by atoms with van der Waals surface area (Å²) in [7, 11) is 4.82. The van der Waals surface area contributed by atoms with Gasteiger partial charge in [0.25, 0.3) is 11.1 Å². The lowest BCUT2D eigenvalue weighted by Gasteiger charge is -2.15. The first-order valence-electron chi connectivity index (χ1n) is 12.5. The number of aliphatic hydroxyl groups is 1. The van der Waals surface area contributed by atoms with Crippen LogP contribution in [0.15, 0.2) is 58.5 Å². The molecule has 1 N–H and O–H groups in total. The highest BCUT2D eigenvalue weighted by Crippen LogP contribution is 2.38. The molecule has 13 heteroatoms. The topological polar surface area (TPSA) is 124 Å². The number of thiazole rings is 1. The Hall–Kier alpha value is -4.46. The largest absolute Gasteiger partial charge is 0.496 e. The molecular formula is C28H25N5O6S2. The fourth-order valence-electron chi connectivity index (χ4n) is 4.21. The average molecular weight is 592 g/mol. The molecule has 0 aliphatic heterocycles. The molecule has 0 saturated carbocycles. The fourth-order valence-corrected chi connectivity index (χ4v) is 5.72. The van der Waals surface area contributed by atoms with E-state index in [1.807, 2.05) is 35.7 Å². The number of benzene rings is 2. The summed E-state index contributed by atoms with van der Waals surface area (Å²) in [4.78, 5) is 24.0. The van der Waals surface area contributed by atoms with Gasteiger partial charge in [-0.15, -0.1) is 16.4 Å².